The Bertz CT molecular complexity index is 426. The van der Waals surface area contributed by atoms with Crippen LogP contribution in [-0.2, 0) is 4.79 Å². The van der Waals surface area contributed by atoms with Crippen molar-refractivity contribution in [2.24, 2.45) is 0 Å². The first-order valence-electron chi connectivity index (χ1n) is 5.62. The van der Waals surface area contributed by atoms with Crippen molar-refractivity contribution in [3.63, 3.8) is 0 Å². The summed E-state index contributed by atoms with van der Waals surface area (Å²) in [4.78, 5) is 15.4. The number of rotatable bonds is 6. The van der Waals surface area contributed by atoms with Crippen LogP contribution in [-0.4, -0.2) is 31.0 Å². The van der Waals surface area contributed by atoms with Crippen LogP contribution in [0.25, 0.3) is 0 Å². The van der Waals surface area contributed by atoms with E-state index in [0.717, 1.165) is 13.0 Å². The standard InChI is InChI=1S/C11H16Cl2N4O/c1-3-4-15-10-7(12)5-8(13)11(17-10)16-6-9(18)14-2/h5H,3-4,6H2,1-2H3,(H,14,18)(H2,15,16,17). The molecule has 1 aromatic heterocycles. The Morgan fingerprint density at radius 3 is 2.44 bits per heavy atom. The van der Waals surface area contributed by atoms with E-state index in [0.29, 0.717) is 21.7 Å². The van der Waals surface area contributed by atoms with E-state index in [4.69, 9.17) is 23.2 Å². The lowest BCUT2D eigenvalue weighted by atomic mass is 10.4. The summed E-state index contributed by atoms with van der Waals surface area (Å²) >= 11 is 12.0. The molecule has 0 fully saturated rings. The Hall–Kier alpha value is -1.20. The fraction of sp³-hybridized carbons (Fsp3) is 0.455. The lowest BCUT2D eigenvalue weighted by Crippen LogP contribution is -2.26. The maximum absolute atomic E-state index is 11.1. The summed E-state index contributed by atoms with van der Waals surface area (Å²) in [5, 5.41) is 9.28. The molecule has 1 rings (SSSR count). The second-order valence-electron chi connectivity index (χ2n) is 3.60. The minimum absolute atomic E-state index is 0.109. The van der Waals surface area contributed by atoms with E-state index >= 15 is 0 Å². The van der Waals surface area contributed by atoms with Crippen molar-refractivity contribution in [3.05, 3.63) is 16.1 Å². The highest BCUT2D eigenvalue weighted by Crippen LogP contribution is 2.28. The molecule has 0 saturated heterocycles. The maximum atomic E-state index is 11.1. The number of anilines is 2. The Labute approximate surface area is 116 Å². The summed E-state index contributed by atoms with van der Waals surface area (Å²) in [6, 6.07) is 1.60. The molecule has 0 spiro atoms. The van der Waals surface area contributed by atoms with E-state index < -0.39 is 0 Å². The van der Waals surface area contributed by atoms with Crippen LogP contribution in [0, 0.1) is 0 Å². The molecule has 5 nitrogen and oxygen atoms in total. The minimum Gasteiger partial charge on any atom is -0.369 e. The average molecular weight is 291 g/mol. The van der Waals surface area contributed by atoms with Crippen molar-refractivity contribution < 1.29 is 4.79 Å². The Morgan fingerprint density at radius 1 is 1.28 bits per heavy atom. The van der Waals surface area contributed by atoms with Crippen LogP contribution in [0.4, 0.5) is 11.6 Å². The van der Waals surface area contributed by atoms with Gasteiger partial charge in [0.25, 0.3) is 0 Å². The van der Waals surface area contributed by atoms with Crippen molar-refractivity contribution in [3.8, 4) is 0 Å². The number of pyridine rings is 1. The van der Waals surface area contributed by atoms with Gasteiger partial charge in [-0.2, -0.15) is 0 Å². The Balaban J connectivity index is 2.80. The van der Waals surface area contributed by atoms with Gasteiger partial charge in [-0.1, -0.05) is 30.1 Å². The zero-order valence-corrected chi connectivity index (χ0v) is 11.8. The predicted molar refractivity (Wildman–Crippen MR) is 75.6 cm³/mol. The van der Waals surface area contributed by atoms with Gasteiger partial charge in [0.1, 0.15) is 11.6 Å². The fourth-order valence-corrected chi connectivity index (χ4v) is 1.70. The average Bonchev–Trinajstić information content (AvgIpc) is 2.36. The van der Waals surface area contributed by atoms with Gasteiger partial charge in [-0.05, 0) is 12.5 Å². The van der Waals surface area contributed by atoms with Crippen LogP contribution >= 0.6 is 23.2 Å². The molecule has 0 bridgehead atoms. The van der Waals surface area contributed by atoms with E-state index in [2.05, 4.69) is 20.9 Å². The van der Waals surface area contributed by atoms with Crippen LogP contribution in [0.5, 0.6) is 0 Å². The SMILES string of the molecule is CCCNc1nc(NCC(=O)NC)c(Cl)cc1Cl. The molecule has 1 aromatic rings. The van der Waals surface area contributed by atoms with E-state index in [1.807, 2.05) is 6.92 Å². The van der Waals surface area contributed by atoms with Crippen molar-refractivity contribution in [2.45, 2.75) is 13.3 Å². The molecule has 100 valence electrons. The molecule has 0 aliphatic carbocycles. The van der Waals surface area contributed by atoms with Crippen molar-refractivity contribution in [1.29, 1.82) is 0 Å². The van der Waals surface area contributed by atoms with Crippen LogP contribution in [0.3, 0.4) is 0 Å². The first-order valence-corrected chi connectivity index (χ1v) is 6.38. The second kappa shape index (κ2) is 7.28. The van der Waals surface area contributed by atoms with E-state index in [1.54, 1.807) is 13.1 Å². The number of nitrogens with one attached hydrogen (secondary N) is 3. The van der Waals surface area contributed by atoms with E-state index in [1.165, 1.54) is 0 Å². The van der Waals surface area contributed by atoms with Crippen molar-refractivity contribution >= 4 is 40.7 Å². The predicted octanol–water partition coefficient (Wildman–Crippen LogP) is 2.37. The molecule has 0 unspecified atom stereocenters. The van der Waals surface area contributed by atoms with Crippen molar-refractivity contribution in [1.82, 2.24) is 10.3 Å². The molecular weight excluding hydrogens is 275 g/mol. The largest absolute Gasteiger partial charge is 0.369 e. The zero-order chi connectivity index (χ0) is 13.5. The molecule has 0 atom stereocenters. The zero-order valence-electron chi connectivity index (χ0n) is 10.3. The number of amides is 1. The molecule has 18 heavy (non-hydrogen) atoms. The van der Waals surface area contributed by atoms with Gasteiger partial charge < -0.3 is 16.0 Å². The highest BCUT2D eigenvalue weighted by atomic mass is 35.5. The molecule has 7 heteroatoms. The van der Waals surface area contributed by atoms with E-state index in [-0.39, 0.29) is 12.5 Å². The molecule has 1 heterocycles. The summed E-state index contributed by atoms with van der Waals surface area (Å²) in [5.41, 5.74) is 0. The van der Waals surface area contributed by atoms with Gasteiger partial charge in [0, 0.05) is 13.6 Å². The van der Waals surface area contributed by atoms with Gasteiger partial charge in [0.05, 0.1) is 16.6 Å². The lowest BCUT2D eigenvalue weighted by molar-refractivity contribution is -0.118. The molecule has 0 saturated carbocycles. The van der Waals surface area contributed by atoms with Crippen LogP contribution < -0.4 is 16.0 Å². The van der Waals surface area contributed by atoms with Crippen molar-refractivity contribution in [2.75, 3.05) is 30.8 Å². The number of aromatic nitrogens is 1. The third-order valence-electron chi connectivity index (χ3n) is 2.17. The minimum atomic E-state index is -0.147. The number of halogens is 2. The number of nitrogens with zero attached hydrogens (tertiary/aromatic N) is 1. The molecular formula is C11H16Cl2N4O. The molecule has 1 amide bonds. The fourth-order valence-electron chi connectivity index (χ4n) is 1.21. The van der Waals surface area contributed by atoms with Crippen LogP contribution in [0.2, 0.25) is 10.0 Å². The van der Waals surface area contributed by atoms with Gasteiger partial charge >= 0.3 is 0 Å². The molecule has 0 radical (unpaired) electrons. The monoisotopic (exact) mass is 290 g/mol. The van der Waals surface area contributed by atoms with Crippen LogP contribution in [0.1, 0.15) is 13.3 Å². The third kappa shape index (κ3) is 4.23. The number of hydrogen-bond donors (Lipinski definition) is 3. The summed E-state index contributed by atoms with van der Waals surface area (Å²) < 4.78 is 0. The van der Waals surface area contributed by atoms with Gasteiger partial charge in [-0.25, -0.2) is 4.98 Å². The number of carbonyl (C=O) groups excluding carboxylic acids is 1. The highest BCUT2D eigenvalue weighted by Gasteiger charge is 2.09. The van der Waals surface area contributed by atoms with Crippen LogP contribution in [0.15, 0.2) is 6.07 Å². The van der Waals surface area contributed by atoms with Gasteiger partial charge in [0.15, 0.2) is 0 Å². The molecule has 3 N–H and O–H groups in total. The van der Waals surface area contributed by atoms with E-state index in [9.17, 15) is 4.79 Å². The Kier molecular flexibility index (Phi) is 6.01. The second-order valence-corrected chi connectivity index (χ2v) is 4.42. The molecule has 0 aliphatic rings. The summed E-state index contributed by atoms with van der Waals surface area (Å²) in [6.45, 7) is 2.92. The summed E-state index contributed by atoms with van der Waals surface area (Å²) in [7, 11) is 1.56. The smallest absolute Gasteiger partial charge is 0.239 e. The summed E-state index contributed by atoms with van der Waals surface area (Å²) in [5.74, 6) is 0.844. The first-order chi connectivity index (χ1) is 8.58. The molecule has 0 aromatic carbocycles. The topological polar surface area (TPSA) is 66.0 Å². The van der Waals surface area contributed by atoms with Gasteiger partial charge in [0.2, 0.25) is 5.91 Å². The van der Waals surface area contributed by atoms with Gasteiger partial charge in [-0.3, -0.25) is 4.79 Å². The number of hydrogen-bond acceptors (Lipinski definition) is 4. The summed E-state index contributed by atoms with van der Waals surface area (Å²) in [6.07, 6.45) is 0.960. The molecule has 0 aliphatic heterocycles. The number of carbonyl (C=O) groups is 1. The maximum Gasteiger partial charge on any atom is 0.239 e. The lowest BCUT2D eigenvalue weighted by Gasteiger charge is -2.11. The normalized spacial score (nSPS) is 10.0. The number of likely N-dealkylation sites (N-methyl/N-ethyl adjacent to an activating group) is 1. The van der Waals surface area contributed by atoms with Gasteiger partial charge in [-0.15, -0.1) is 0 Å². The quantitative estimate of drug-likeness (QED) is 0.753. The third-order valence-corrected chi connectivity index (χ3v) is 2.74. The first kappa shape index (κ1) is 14.9. The highest BCUT2D eigenvalue weighted by molar-refractivity contribution is 6.37. The Morgan fingerprint density at radius 2 is 1.89 bits per heavy atom.